The molecule has 5 nitrogen and oxygen atoms in total. The average Bonchev–Trinajstić information content (AvgIpc) is 2.71. The summed E-state index contributed by atoms with van der Waals surface area (Å²) in [6.07, 6.45) is -0.0252. The Morgan fingerprint density at radius 1 is 1.00 bits per heavy atom. The van der Waals surface area contributed by atoms with Crippen LogP contribution >= 0.6 is 0 Å². The summed E-state index contributed by atoms with van der Waals surface area (Å²) in [6.45, 7) is 2.97. The molecule has 1 amide bonds. The van der Waals surface area contributed by atoms with E-state index in [1.54, 1.807) is 18.2 Å². The van der Waals surface area contributed by atoms with Gasteiger partial charge in [0.1, 0.15) is 19.0 Å². The second-order valence-electron chi connectivity index (χ2n) is 6.37. The summed E-state index contributed by atoms with van der Waals surface area (Å²) in [4.78, 5) is 12.7. The quantitative estimate of drug-likeness (QED) is 0.730. The van der Waals surface area contributed by atoms with E-state index >= 15 is 0 Å². The van der Waals surface area contributed by atoms with Gasteiger partial charge in [-0.05, 0) is 41.5 Å². The third-order valence-corrected chi connectivity index (χ3v) is 4.47. The fourth-order valence-corrected chi connectivity index (χ4v) is 3.07. The fraction of sp³-hybridized carbons (Fsp3) is 0.227. The first-order valence-corrected chi connectivity index (χ1v) is 9.09. The number of hydrogen-bond acceptors (Lipinski definition) is 4. The van der Waals surface area contributed by atoms with Crippen molar-refractivity contribution in [3.05, 3.63) is 60.7 Å². The van der Waals surface area contributed by atoms with Crippen LogP contribution in [0.4, 0.5) is 5.69 Å². The average molecular weight is 363 g/mol. The lowest BCUT2D eigenvalue weighted by Gasteiger charge is -2.20. The highest BCUT2D eigenvalue weighted by molar-refractivity contribution is 5.94. The van der Waals surface area contributed by atoms with Crippen LogP contribution in [0, 0.1) is 0 Å². The predicted molar refractivity (Wildman–Crippen MR) is 105 cm³/mol. The van der Waals surface area contributed by atoms with Gasteiger partial charge >= 0.3 is 0 Å². The number of hydrogen-bond donors (Lipinski definition) is 1. The van der Waals surface area contributed by atoms with E-state index in [-0.39, 0.29) is 5.91 Å². The number of nitrogens with one attached hydrogen (secondary N) is 1. The number of carbonyl (C=O) groups is 1. The van der Waals surface area contributed by atoms with Crippen LogP contribution < -0.4 is 19.5 Å². The van der Waals surface area contributed by atoms with E-state index in [1.165, 1.54) is 0 Å². The number of ether oxygens (including phenoxy) is 3. The number of rotatable bonds is 5. The minimum atomic E-state index is -0.584. The molecule has 1 heterocycles. The topological polar surface area (TPSA) is 56.8 Å². The Morgan fingerprint density at radius 2 is 1.78 bits per heavy atom. The molecule has 0 unspecified atom stereocenters. The molecule has 0 saturated carbocycles. The van der Waals surface area contributed by atoms with Crippen molar-refractivity contribution in [1.29, 1.82) is 0 Å². The molecule has 0 bridgehead atoms. The minimum absolute atomic E-state index is 0.192. The lowest BCUT2D eigenvalue weighted by molar-refractivity contribution is -0.122. The van der Waals surface area contributed by atoms with Crippen LogP contribution in [-0.2, 0) is 4.79 Å². The molecule has 0 saturated heterocycles. The molecule has 1 atom stereocenters. The predicted octanol–water partition coefficient (Wildman–Crippen LogP) is 4.41. The van der Waals surface area contributed by atoms with Gasteiger partial charge in [0.2, 0.25) is 0 Å². The van der Waals surface area contributed by atoms with Crippen molar-refractivity contribution in [3.8, 4) is 17.2 Å². The first-order valence-electron chi connectivity index (χ1n) is 9.09. The lowest BCUT2D eigenvalue weighted by Crippen LogP contribution is -2.32. The molecule has 1 N–H and O–H groups in total. The van der Waals surface area contributed by atoms with Gasteiger partial charge < -0.3 is 19.5 Å². The monoisotopic (exact) mass is 363 g/mol. The number of carbonyl (C=O) groups excluding carboxylic acids is 1. The van der Waals surface area contributed by atoms with Crippen molar-refractivity contribution in [2.45, 2.75) is 19.4 Å². The molecule has 3 aromatic rings. The fourth-order valence-electron chi connectivity index (χ4n) is 3.07. The van der Waals surface area contributed by atoms with E-state index in [9.17, 15) is 4.79 Å². The summed E-state index contributed by atoms with van der Waals surface area (Å²) in [7, 11) is 0. The summed E-state index contributed by atoms with van der Waals surface area (Å²) < 4.78 is 17.0. The molecule has 27 heavy (non-hydrogen) atoms. The van der Waals surface area contributed by atoms with Gasteiger partial charge in [-0.3, -0.25) is 4.79 Å². The third-order valence-electron chi connectivity index (χ3n) is 4.47. The van der Waals surface area contributed by atoms with E-state index in [0.717, 1.165) is 10.8 Å². The number of fused-ring (bicyclic) bond motifs is 2. The highest BCUT2D eigenvalue weighted by Gasteiger charge is 2.20. The lowest BCUT2D eigenvalue weighted by atomic mass is 10.1. The van der Waals surface area contributed by atoms with Crippen LogP contribution in [0.1, 0.15) is 13.3 Å². The van der Waals surface area contributed by atoms with Crippen molar-refractivity contribution in [2.24, 2.45) is 0 Å². The van der Waals surface area contributed by atoms with Crippen molar-refractivity contribution >= 4 is 22.4 Å². The molecular formula is C22H21NO4. The number of benzene rings is 3. The Bertz CT molecular complexity index is 969. The van der Waals surface area contributed by atoms with E-state index in [2.05, 4.69) is 5.32 Å². The molecular weight excluding hydrogens is 342 g/mol. The molecule has 1 aliphatic heterocycles. The number of anilines is 1. The highest BCUT2D eigenvalue weighted by atomic mass is 16.6. The van der Waals surface area contributed by atoms with Gasteiger partial charge in [0.25, 0.3) is 5.91 Å². The first kappa shape index (κ1) is 17.2. The van der Waals surface area contributed by atoms with Gasteiger partial charge in [-0.2, -0.15) is 0 Å². The Hall–Kier alpha value is -3.21. The van der Waals surface area contributed by atoms with Crippen molar-refractivity contribution in [2.75, 3.05) is 18.5 Å². The molecule has 3 aromatic carbocycles. The van der Waals surface area contributed by atoms with E-state index in [0.29, 0.717) is 42.6 Å². The minimum Gasteiger partial charge on any atom is -0.486 e. The van der Waals surface area contributed by atoms with Gasteiger partial charge in [-0.25, -0.2) is 0 Å². The second kappa shape index (κ2) is 7.58. The second-order valence-corrected chi connectivity index (χ2v) is 6.37. The van der Waals surface area contributed by atoms with Gasteiger partial charge in [-0.1, -0.05) is 37.3 Å². The Kier molecular flexibility index (Phi) is 4.83. The maximum absolute atomic E-state index is 12.7. The molecule has 0 radical (unpaired) electrons. The van der Waals surface area contributed by atoms with Crippen LogP contribution in [0.2, 0.25) is 0 Å². The zero-order valence-corrected chi connectivity index (χ0v) is 15.1. The molecule has 0 aliphatic carbocycles. The molecule has 5 heteroatoms. The van der Waals surface area contributed by atoms with Gasteiger partial charge in [0.15, 0.2) is 17.6 Å². The van der Waals surface area contributed by atoms with Crippen LogP contribution in [-0.4, -0.2) is 25.2 Å². The first-order chi connectivity index (χ1) is 13.2. The Balaban J connectivity index is 1.47. The standard InChI is InChI=1S/C22H21NO4/c1-2-19(27-18-9-7-15-5-3-4-6-16(15)13-18)22(24)23-17-8-10-20-21(14-17)26-12-11-25-20/h3-10,13-14,19H,2,11-12H2,1H3,(H,23,24)/t19-/m1/s1. The largest absolute Gasteiger partial charge is 0.486 e. The molecule has 1 aliphatic rings. The third kappa shape index (κ3) is 3.82. The number of amides is 1. The van der Waals surface area contributed by atoms with E-state index in [1.807, 2.05) is 49.4 Å². The summed E-state index contributed by atoms with van der Waals surface area (Å²) in [6, 6.07) is 19.3. The Morgan fingerprint density at radius 3 is 2.59 bits per heavy atom. The summed E-state index contributed by atoms with van der Waals surface area (Å²) in [5.41, 5.74) is 0.657. The van der Waals surface area contributed by atoms with Crippen LogP contribution in [0.15, 0.2) is 60.7 Å². The van der Waals surface area contributed by atoms with Crippen molar-refractivity contribution in [1.82, 2.24) is 0 Å². The summed E-state index contributed by atoms with van der Waals surface area (Å²) in [5.74, 6) is 1.82. The van der Waals surface area contributed by atoms with E-state index in [4.69, 9.17) is 14.2 Å². The molecule has 138 valence electrons. The SMILES string of the molecule is CC[C@@H](Oc1ccc2ccccc2c1)C(=O)Nc1ccc2c(c1)OCCO2. The zero-order valence-electron chi connectivity index (χ0n) is 15.1. The van der Waals surface area contributed by atoms with E-state index < -0.39 is 6.10 Å². The van der Waals surface area contributed by atoms with Gasteiger partial charge in [-0.15, -0.1) is 0 Å². The van der Waals surface area contributed by atoms with Crippen LogP contribution in [0.25, 0.3) is 10.8 Å². The van der Waals surface area contributed by atoms with Gasteiger partial charge in [0.05, 0.1) is 0 Å². The normalized spacial score (nSPS) is 13.8. The zero-order chi connectivity index (χ0) is 18.6. The maximum atomic E-state index is 12.7. The summed E-state index contributed by atoms with van der Waals surface area (Å²) in [5, 5.41) is 5.12. The molecule has 0 spiro atoms. The maximum Gasteiger partial charge on any atom is 0.265 e. The van der Waals surface area contributed by atoms with Crippen molar-refractivity contribution in [3.63, 3.8) is 0 Å². The van der Waals surface area contributed by atoms with Crippen LogP contribution in [0.5, 0.6) is 17.2 Å². The highest BCUT2D eigenvalue weighted by Crippen LogP contribution is 2.32. The molecule has 0 fully saturated rings. The van der Waals surface area contributed by atoms with Crippen molar-refractivity contribution < 1.29 is 19.0 Å². The summed E-state index contributed by atoms with van der Waals surface area (Å²) >= 11 is 0. The Labute approximate surface area is 157 Å². The smallest absolute Gasteiger partial charge is 0.265 e. The molecule has 0 aromatic heterocycles. The van der Waals surface area contributed by atoms with Gasteiger partial charge in [0, 0.05) is 11.8 Å². The van der Waals surface area contributed by atoms with Crippen LogP contribution in [0.3, 0.4) is 0 Å². The molecule has 4 rings (SSSR count).